The molecule has 0 spiro atoms. The van der Waals surface area contributed by atoms with Gasteiger partial charge >= 0.3 is 0 Å². The van der Waals surface area contributed by atoms with Crippen LogP contribution in [0.1, 0.15) is 12.7 Å². The average Bonchev–Trinajstić information content (AvgIpc) is 3.16. The van der Waals surface area contributed by atoms with Gasteiger partial charge in [-0.1, -0.05) is 18.5 Å². The summed E-state index contributed by atoms with van der Waals surface area (Å²) in [5.41, 5.74) is 0. The van der Waals surface area contributed by atoms with Gasteiger partial charge in [-0.15, -0.1) is 10.2 Å². The summed E-state index contributed by atoms with van der Waals surface area (Å²) in [4.78, 5) is 6.65. The zero-order valence-electron chi connectivity index (χ0n) is 16.8. The van der Waals surface area contributed by atoms with Crippen LogP contribution in [0.15, 0.2) is 35.6 Å². The first-order valence-corrected chi connectivity index (χ1v) is 9.75. The van der Waals surface area contributed by atoms with Gasteiger partial charge in [0, 0.05) is 38.7 Å². The monoisotopic (exact) mass is 408 g/mol. The Morgan fingerprint density at radius 2 is 2.07 bits per heavy atom. The van der Waals surface area contributed by atoms with Crippen LogP contribution in [-0.2, 0) is 17.7 Å². The Kier molecular flexibility index (Phi) is 9.57. The Morgan fingerprint density at radius 3 is 2.79 bits per heavy atom. The maximum atomic E-state index is 5.90. The molecule has 154 valence electrons. The number of likely N-dealkylation sites (N-methyl/N-ethyl adjacent to an activating group) is 1. The van der Waals surface area contributed by atoms with Gasteiger partial charge in [-0.3, -0.25) is 4.99 Å². The van der Waals surface area contributed by atoms with E-state index in [1.54, 1.807) is 13.4 Å². The number of benzene rings is 1. The largest absolute Gasteiger partial charge is 0.492 e. The highest BCUT2D eigenvalue weighted by atomic mass is 35.5. The Labute approximate surface area is 171 Å². The number of rotatable bonds is 11. The lowest BCUT2D eigenvalue weighted by Crippen LogP contribution is -2.42. The molecule has 9 heteroatoms. The molecule has 0 bridgehead atoms. The molecule has 2 rings (SSSR count). The second kappa shape index (κ2) is 12.2. The van der Waals surface area contributed by atoms with Crippen molar-refractivity contribution in [3.63, 3.8) is 0 Å². The number of aliphatic imine (C=N–C) groups is 1. The normalized spacial score (nSPS) is 11.5. The minimum atomic E-state index is 0.536. The molecule has 0 atom stereocenters. The SMILES string of the molecule is CCc1nncn1CCNC(=NCCOC)N(C)CCOc1ccc(Cl)cc1. The summed E-state index contributed by atoms with van der Waals surface area (Å²) in [6.07, 6.45) is 2.61. The van der Waals surface area contributed by atoms with Crippen molar-refractivity contribution in [2.75, 3.05) is 47.0 Å². The van der Waals surface area contributed by atoms with Crippen molar-refractivity contribution in [3.05, 3.63) is 41.4 Å². The summed E-state index contributed by atoms with van der Waals surface area (Å²) in [6, 6.07) is 7.35. The van der Waals surface area contributed by atoms with E-state index in [0.29, 0.717) is 31.3 Å². The first-order chi connectivity index (χ1) is 13.6. The van der Waals surface area contributed by atoms with Crippen LogP contribution >= 0.6 is 11.6 Å². The molecule has 2 aromatic rings. The lowest BCUT2D eigenvalue weighted by Gasteiger charge is -2.23. The summed E-state index contributed by atoms with van der Waals surface area (Å²) in [5.74, 6) is 2.58. The summed E-state index contributed by atoms with van der Waals surface area (Å²) in [6.45, 7) is 5.95. The number of nitrogens with zero attached hydrogens (tertiary/aromatic N) is 5. The van der Waals surface area contributed by atoms with Crippen LogP contribution in [0.25, 0.3) is 0 Å². The third-order valence-electron chi connectivity index (χ3n) is 4.08. The van der Waals surface area contributed by atoms with Crippen LogP contribution in [0.4, 0.5) is 0 Å². The van der Waals surface area contributed by atoms with E-state index < -0.39 is 0 Å². The van der Waals surface area contributed by atoms with E-state index in [1.165, 1.54) is 0 Å². The molecule has 1 aromatic carbocycles. The lowest BCUT2D eigenvalue weighted by atomic mass is 10.3. The number of aromatic nitrogens is 3. The van der Waals surface area contributed by atoms with Crippen molar-refractivity contribution in [3.8, 4) is 5.75 Å². The summed E-state index contributed by atoms with van der Waals surface area (Å²) < 4.78 is 12.9. The van der Waals surface area contributed by atoms with Gasteiger partial charge in [-0.25, -0.2) is 0 Å². The first-order valence-electron chi connectivity index (χ1n) is 9.37. The van der Waals surface area contributed by atoms with E-state index in [2.05, 4.69) is 27.4 Å². The number of halogens is 1. The van der Waals surface area contributed by atoms with Gasteiger partial charge in [0.15, 0.2) is 5.96 Å². The number of guanidine groups is 1. The summed E-state index contributed by atoms with van der Waals surface area (Å²) >= 11 is 5.90. The van der Waals surface area contributed by atoms with Crippen molar-refractivity contribution in [1.29, 1.82) is 0 Å². The van der Waals surface area contributed by atoms with Gasteiger partial charge in [0.25, 0.3) is 0 Å². The standard InChI is InChI=1S/C19H29ClN6O2/c1-4-18-24-23-15-26(18)11-9-21-19(22-10-13-27-3)25(2)12-14-28-17-7-5-16(20)6-8-17/h5-8,15H,4,9-14H2,1-3H3,(H,21,22). The average molecular weight is 409 g/mol. The Hall–Kier alpha value is -2.32. The van der Waals surface area contributed by atoms with Gasteiger partial charge in [0.1, 0.15) is 24.5 Å². The molecule has 0 saturated carbocycles. The topological polar surface area (TPSA) is 76.8 Å². The van der Waals surface area contributed by atoms with Gasteiger partial charge in [-0.2, -0.15) is 0 Å². The second-order valence-corrected chi connectivity index (χ2v) is 6.58. The number of ether oxygens (including phenoxy) is 2. The molecule has 0 amide bonds. The quantitative estimate of drug-likeness (QED) is 0.348. The van der Waals surface area contributed by atoms with Crippen LogP contribution in [-0.4, -0.2) is 72.6 Å². The van der Waals surface area contributed by atoms with Crippen molar-refractivity contribution in [1.82, 2.24) is 25.0 Å². The molecule has 0 fully saturated rings. The highest BCUT2D eigenvalue weighted by molar-refractivity contribution is 6.30. The maximum Gasteiger partial charge on any atom is 0.193 e. The fraction of sp³-hybridized carbons (Fsp3) is 0.526. The fourth-order valence-electron chi connectivity index (χ4n) is 2.52. The number of methoxy groups -OCH3 is 1. The van der Waals surface area contributed by atoms with E-state index in [0.717, 1.165) is 37.0 Å². The molecule has 1 N–H and O–H groups in total. The minimum absolute atomic E-state index is 0.536. The number of hydrogen-bond acceptors (Lipinski definition) is 5. The van der Waals surface area contributed by atoms with Crippen LogP contribution in [0, 0.1) is 0 Å². The Balaban J connectivity index is 1.83. The zero-order valence-corrected chi connectivity index (χ0v) is 17.5. The highest BCUT2D eigenvalue weighted by Crippen LogP contribution is 2.15. The summed E-state index contributed by atoms with van der Waals surface area (Å²) in [5, 5.41) is 12.2. The molecule has 0 unspecified atom stereocenters. The van der Waals surface area contributed by atoms with Gasteiger partial charge < -0.3 is 24.3 Å². The minimum Gasteiger partial charge on any atom is -0.492 e. The van der Waals surface area contributed by atoms with Gasteiger partial charge in [-0.05, 0) is 24.3 Å². The van der Waals surface area contributed by atoms with Crippen LogP contribution < -0.4 is 10.1 Å². The molecule has 1 heterocycles. The fourth-order valence-corrected chi connectivity index (χ4v) is 2.65. The molecule has 0 aliphatic heterocycles. The number of aryl methyl sites for hydroxylation is 1. The Bertz CT molecular complexity index is 719. The molecule has 8 nitrogen and oxygen atoms in total. The van der Waals surface area contributed by atoms with Crippen LogP contribution in [0.3, 0.4) is 0 Å². The van der Waals surface area contributed by atoms with E-state index in [9.17, 15) is 0 Å². The van der Waals surface area contributed by atoms with E-state index in [4.69, 9.17) is 21.1 Å². The molecule has 0 saturated heterocycles. The third kappa shape index (κ3) is 7.36. The molecule has 1 aromatic heterocycles. The van der Waals surface area contributed by atoms with E-state index in [-0.39, 0.29) is 0 Å². The third-order valence-corrected chi connectivity index (χ3v) is 4.33. The predicted molar refractivity (Wildman–Crippen MR) is 111 cm³/mol. The van der Waals surface area contributed by atoms with Gasteiger partial charge in [0.2, 0.25) is 0 Å². The second-order valence-electron chi connectivity index (χ2n) is 6.14. The predicted octanol–water partition coefficient (Wildman–Crippen LogP) is 2.10. The number of nitrogens with one attached hydrogen (secondary N) is 1. The highest BCUT2D eigenvalue weighted by Gasteiger charge is 2.08. The maximum absolute atomic E-state index is 5.90. The van der Waals surface area contributed by atoms with Crippen LogP contribution in [0.2, 0.25) is 5.02 Å². The zero-order chi connectivity index (χ0) is 20.2. The lowest BCUT2D eigenvalue weighted by molar-refractivity contribution is 0.207. The molecule has 0 aliphatic rings. The molecular weight excluding hydrogens is 380 g/mol. The van der Waals surface area contributed by atoms with Crippen molar-refractivity contribution < 1.29 is 9.47 Å². The van der Waals surface area contributed by atoms with Gasteiger partial charge in [0.05, 0.1) is 19.7 Å². The van der Waals surface area contributed by atoms with E-state index >= 15 is 0 Å². The van der Waals surface area contributed by atoms with Crippen molar-refractivity contribution in [2.45, 2.75) is 19.9 Å². The first kappa shape index (κ1) is 22.0. The molecule has 0 aliphatic carbocycles. The number of hydrogen-bond donors (Lipinski definition) is 1. The van der Waals surface area contributed by atoms with Crippen LogP contribution in [0.5, 0.6) is 5.75 Å². The molecular formula is C19H29ClN6O2. The van der Waals surface area contributed by atoms with E-state index in [1.807, 2.05) is 40.8 Å². The molecule has 28 heavy (non-hydrogen) atoms. The summed E-state index contributed by atoms with van der Waals surface area (Å²) in [7, 11) is 3.66. The van der Waals surface area contributed by atoms with Crippen molar-refractivity contribution in [2.24, 2.45) is 4.99 Å². The molecule has 0 radical (unpaired) electrons. The smallest absolute Gasteiger partial charge is 0.193 e. The van der Waals surface area contributed by atoms with Crippen molar-refractivity contribution >= 4 is 17.6 Å². The Morgan fingerprint density at radius 1 is 1.29 bits per heavy atom.